The highest BCUT2D eigenvalue weighted by Gasteiger charge is 2.54. The number of hydrogen-bond donors (Lipinski definition) is 3. The van der Waals surface area contributed by atoms with E-state index >= 15 is 0 Å². The van der Waals surface area contributed by atoms with Crippen LogP contribution >= 0.6 is 0 Å². The van der Waals surface area contributed by atoms with Crippen molar-refractivity contribution < 1.29 is 48.3 Å². The lowest BCUT2D eigenvalue weighted by Crippen LogP contribution is -2.60. The van der Waals surface area contributed by atoms with Crippen molar-refractivity contribution in [3.05, 3.63) is 37.1 Å². The van der Waals surface area contributed by atoms with Crippen LogP contribution in [0.5, 0.6) is 0 Å². The number of carbonyl (C=O) groups excluding carboxylic acids is 2. The number of likely N-dealkylation sites (N-methyl/N-ethyl adjacent to an activating group) is 1. The molecule has 3 aliphatic rings. The number of nitrogens with zero attached hydrogens (tertiary/aromatic N) is 6. The average Bonchev–Trinajstić information content (AvgIpc) is 3.85. The van der Waals surface area contributed by atoms with Crippen molar-refractivity contribution in [1.29, 1.82) is 0 Å². The van der Waals surface area contributed by atoms with Gasteiger partial charge in [-0.3, -0.25) is 9.78 Å². The maximum absolute atomic E-state index is 14.0. The van der Waals surface area contributed by atoms with E-state index in [1.807, 2.05) is 76.5 Å². The SMILES string of the molecule is CC[C@@H]1OC(=O)[C@H](C)[C@@H](O)[C@H](C)[C@@H](O[C@H]2O[C@H](C)C[C@H](N(C)C)[C@H]2O)[C@@](C)(OC)C[C@@H](C)/C(=N\OC)[C@@H](C)[C@@H]2[C@@H]1OC(=O)N2NCC[C@@H](C)n1cnc(-c2cccnc2)c1. The van der Waals surface area contributed by atoms with E-state index < -0.39 is 78.3 Å². The second kappa shape index (κ2) is 20.4. The van der Waals surface area contributed by atoms with Gasteiger partial charge in [0.1, 0.15) is 25.4 Å². The highest BCUT2D eigenvalue weighted by Crippen LogP contribution is 2.40. The number of cyclic esters (lactones) is 1. The Morgan fingerprint density at radius 1 is 1.10 bits per heavy atom. The lowest BCUT2D eigenvalue weighted by molar-refractivity contribution is -0.301. The predicted molar refractivity (Wildman–Crippen MR) is 223 cm³/mol. The Morgan fingerprint density at radius 3 is 2.47 bits per heavy atom. The summed E-state index contributed by atoms with van der Waals surface area (Å²) in [6.45, 7) is 15.5. The smallest absolute Gasteiger partial charge is 0.425 e. The third kappa shape index (κ3) is 10.3. The molecule has 1 amide bonds. The zero-order valence-electron chi connectivity index (χ0n) is 37.4. The van der Waals surface area contributed by atoms with Crippen molar-refractivity contribution in [3.8, 4) is 11.3 Å². The summed E-state index contributed by atoms with van der Waals surface area (Å²) in [6.07, 6.45) is 2.35. The first-order valence-corrected chi connectivity index (χ1v) is 21.3. The first-order chi connectivity index (χ1) is 28.5. The van der Waals surface area contributed by atoms with Crippen molar-refractivity contribution in [2.24, 2.45) is 28.8 Å². The van der Waals surface area contributed by atoms with Crippen molar-refractivity contribution in [3.63, 3.8) is 0 Å². The second-order valence-electron chi connectivity index (χ2n) is 17.5. The highest BCUT2D eigenvalue weighted by molar-refractivity contribution is 5.89. The predicted octanol–water partition coefficient (Wildman–Crippen LogP) is 4.44. The number of aromatic nitrogens is 3. The minimum absolute atomic E-state index is 0.0236. The van der Waals surface area contributed by atoms with Gasteiger partial charge in [0.2, 0.25) is 0 Å². The number of hydrazine groups is 1. The van der Waals surface area contributed by atoms with Crippen LogP contribution < -0.4 is 5.43 Å². The number of rotatable bonds is 12. The molecule has 2 aromatic heterocycles. The lowest BCUT2D eigenvalue weighted by Gasteiger charge is -2.48. The molecule has 5 heterocycles. The van der Waals surface area contributed by atoms with E-state index in [-0.39, 0.29) is 24.1 Å². The van der Waals surface area contributed by atoms with Crippen LogP contribution in [0.4, 0.5) is 4.79 Å². The second-order valence-corrected chi connectivity index (χ2v) is 17.5. The molecule has 0 aromatic carbocycles. The number of amides is 1. The number of carbonyl (C=O) groups is 2. The number of methoxy groups -OCH3 is 1. The van der Waals surface area contributed by atoms with E-state index in [1.165, 1.54) is 12.1 Å². The summed E-state index contributed by atoms with van der Waals surface area (Å²) in [5.74, 6) is -3.22. The molecular weight excluding hydrogens is 775 g/mol. The summed E-state index contributed by atoms with van der Waals surface area (Å²) < 4.78 is 33.6. The molecule has 17 heteroatoms. The van der Waals surface area contributed by atoms with Gasteiger partial charge in [-0.15, -0.1) is 0 Å². The average molecular weight is 844 g/mol. The number of esters is 1. The van der Waals surface area contributed by atoms with Gasteiger partial charge in [-0.2, -0.15) is 0 Å². The van der Waals surface area contributed by atoms with Crippen molar-refractivity contribution in [1.82, 2.24) is 29.9 Å². The van der Waals surface area contributed by atoms with Gasteiger partial charge < -0.3 is 48.2 Å². The Bertz CT molecular complexity index is 1730. The number of pyridine rings is 1. The molecule has 3 N–H and O–H groups in total. The first-order valence-electron chi connectivity index (χ1n) is 21.3. The van der Waals surface area contributed by atoms with Crippen LogP contribution in [0.15, 0.2) is 42.2 Å². The number of aliphatic hydroxyl groups is 2. The summed E-state index contributed by atoms with van der Waals surface area (Å²) in [7, 11) is 6.85. The Balaban J connectivity index is 1.46. The Labute approximate surface area is 355 Å². The van der Waals surface area contributed by atoms with Crippen LogP contribution in [0.3, 0.4) is 0 Å². The number of aliphatic hydroxyl groups excluding tert-OH is 2. The number of hydrogen-bond acceptors (Lipinski definition) is 15. The van der Waals surface area contributed by atoms with Crippen LogP contribution in [0, 0.1) is 23.7 Å². The molecule has 0 aliphatic carbocycles. The normalized spacial score (nSPS) is 37.0. The van der Waals surface area contributed by atoms with Gasteiger partial charge in [-0.1, -0.05) is 32.9 Å². The monoisotopic (exact) mass is 844 g/mol. The van der Waals surface area contributed by atoms with Gasteiger partial charge in [-0.05, 0) is 79.6 Å². The fourth-order valence-electron chi connectivity index (χ4n) is 9.24. The van der Waals surface area contributed by atoms with E-state index in [0.717, 1.165) is 11.3 Å². The minimum atomic E-state index is -1.26. The summed E-state index contributed by atoms with van der Waals surface area (Å²) in [5, 5.41) is 29.6. The molecule has 0 spiro atoms. The van der Waals surface area contributed by atoms with Crippen LogP contribution in [-0.2, 0) is 33.3 Å². The summed E-state index contributed by atoms with van der Waals surface area (Å²) in [4.78, 5) is 44.1. The fraction of sp³-hybridized carbons (Fsp3) is 0.744. The molecular formula is C43H69N7O10. The Hall–Kier alpha value is -3.71. The van der Waals surface area contributed by atoms with Gasteiger partial charge in [0, 0.05) is 67.6 Å². The van der Waals surface area contributed by atoms with Crippen molar-refractivity contribution >= 4 is 17.8 Å². The van der Waals surface area contributed by atoms with Gasteiger partial charge in [0.05, 0.1) is 47.6 Å². The summed E-state index contributed by atoms with van der Waals surface area (Å²) >= 11 is 0. The molecule has 15 atom stereocenters. The fourth-order valence-corrected chi connectivity index (χ4v) is 9.24. The largest absolute Gasteiger partial charge is 0.458 e. The third-order valence-electron chi connectivity index (χ3n) is 12.9. The van der Waals surface area contributed by atoms with E-state index in [0.29, 0.717) is 37.9 Å². The molecule has 3 saturated heterocycles. The molecule has 336 valence electrons. The molecule has 3 aliphatic heterocycles. The zero-order valence-corrected chi connectivity index (χ0v) is 37.4. The summed E-state index contributed by atoms with van der Waals surface area (Å²) in [5.41, 5.74) is 4.55. The molecule has 0 saturated carbocycles. The molecule has 2 aromatic rings. The van der Waals surface area contributed by atoms with Crippen LogP contribution in [-0.4, -0.2) is 148 Å². The molecule has 17 nitrogen and oxygen atoms in total. The first kappa shape index (κ1) is 47.3. The van der Waals surface area contributed by atoms with Crippen LogP contribution in [0.2, 0.25) is 0 Å². The molecule has 60 heavy (non-hydrogen) atoms. The van der Waals surface area contributed by atoms with E-state index in [9.17, 15) is 19.8 Å². The van der Waals surface area contributed by atoms with Crippen molar-refractivity contribution in [2.75, 3.05) is 34.9 Å². The number of ether oxygens (including phenoxy) is 5. The lowest BCUT2D eigenvalue weighted by atomic mass is 9.74. The third-order valence-corrected chi connectivity index (χ3v) is 12.9. The maximum atomic E-state index is 14.0. The number of oxime groups is 1. The number of fused-ring (bicyclic) bond motifs is 1. The van der Waals surface area contributed by atoms with E-state index in [4.69, 9.17) is 28.5 Å². The van der Waals surface area contributed by atoms with Gasteiger partial charge in [0.25, 0.3) is 0 Å². The Morgan fingerprint density at radius 2 is 1.83 bits per heavy atom. The maximum Gasteiger partial charge on any atom is 0.425 e. The highest BCUT2D eigenvalue weighted by atomic mass is 16.7. The number of nitrogens with one attached hydrogen (secondary N) is 1. The van der Waals surface area contributed by atoms with Gasteiger partial charge in [-0.25, -0.2) is 20.2 Å². The van der Waals surface area contributed by atoms with E-state index in [2.05, 4.69) is 27.5 Å². The number of imidazole rings is 1. The topological polar surface area (TPSA) is 192 Å². The molecule has 3 fully saturated rings. The van der Waals surface area contributed by atoms with Crippen LogP contribution in [0.1, 0.15) is 87.1 Å². The minimum Gasteiger partial charge on any atom is -0.458 e. The summed E-state index contributed by atoms with van der Waals surface area (Å²) in [6, 6.07) is 2.92. The van der Waals surface area contributed by atoms with E-state index in [1.54, 1.807) is 39.7 Å². The van der Waals surface area contributed by atoms with Crippen molar-refractivity contribution in [2.45, 2.75) is 148 Å². The molecule has 0 radical (unpaired) electrons. The molecule has 0 unspecified atom stereocenters. The quantitative estimate of drug-likeness (QED) is 0.201. The molecule has 0 bridgehead atoms. The van der Waals surface area contributed by atoms with Gasteiger partial charge in [0.15, 0.2) is 12.4 Å². The Kier molecular flexibility index (Phi) is 16.1. The molecule has 5 rings (SSSR count). The van der Waals surface area contributed by atoms with Crippen LogP contribution in [0.25, 0.3) is 11.3 Å². The zero-order chi connectivity index (χ0) is 44.1. The standard InChI is InChI=1S/C43H69N7O10/c1-13-33-38-35(50(42(54)59-38)46-18-16-25(3)49-22-31(45-23-49)30-15-14-17-44-21-30)27(5)34(47-56-12)24(2)20-43(8,55-11)39(28(6)36(51)29(7)40(53)58-33)60-41-37(52)32(48(9)10)19-26(4)57-41/h14-15,17,21-29,32-33,35-39,41,46,51-52H,13,16,18-20H2,1-12H3/b47-34+/t24-,25-,26-,27-,28+,29-,32+,33+,35-,36+,37-,38-,39-,41-,43+/m1/s1. The van der Waals surface area contributed by atoms with Gasteiger partial charge >= 0.3 is 12.1 Å².